The Kier molecular flexibility index (Phi) is 8.44. The minimum Gasteiger partial charge on any atom is -0.379 e. The third-order valence-corrected chi connectivity index (χ3v) is 7.80. The lowest BCUT2D eigenvalue weighted by molar-refractivity contribution is -0.385. The number of aryl methyl sites for hydroxylation is 1. The molecule has 10 nitrogen and oxygen atoms in total. The maximum atomic E-state index is 13.5. The predicted octanol–water partition coefficient (Wildman–Crippen LogP) is 3.32. The van der Waals surface area contributed by atoms with Crippen molar-refractivity contribution in [2.75, 3.05) is 50.5 Å². The highest BCUT2D eigenvalue weighted by Crippen LogP contribution is 2.32. The number of ether oxygens (including phenoxy) is 1. The Hall–Kier alpha value is -2.64. The summed E-state index contributed by atoms with van der Waals surface area (Å²) in [6.45, 7) is 5.24. The number of fused-ring (bicyclic) bond motifs is 1. The van der Waals surface area contributed by atoms with Crippen LogP contribution in [-0.4, -0.2) is 74.8 Å². The Labute approximate surface area is 213 Å². The SMILES string of the molecule is Cc1ccc(C(=O)N(CCN2CCOCC2)c2nc3ccc(S(C)(=O)=O)cc3s2)cc1[N+](=O)[O-].Cl. The van der Waals surface area contributed by atoms with Crippen LogP contribution >= 0.6 is 23.7 Å². The fourth-order valence-electron chi connectivity index (χ4n) is 3.68. The second-order valence-corrected chi connectivity index (χ2v) is 11.1. The molecule has 13 heteroatoms. The third-order valence-electron chi connectivity index (χ3n) is 5.65. The normalized spacial score (nSPS) is 14.5. The number of anilines is 1. The average molecular weight is 541 g/mol. The van der Waals surface area contributed by atoms with Crippen LogP contribution < -0.4 is 4.90 Å². The first kappa shape index (κ1) is 27.0. The van der Waals surface area contributed by atoms with E-state index in [-0.39, 0.29) is 28.6 Å². The molecule has 0 saturated carbocycles. The molecule has 0 aliphatic carbocycles. The summed E-state index contributed by atoms with van der Waals surface area (Å²) >= 11 is 1.21. The monoisotopic (exact) mass is 540 g/mol. The van der Waals surface area contributed by atoms with E-state index in [1.807, 2.05) is 0 Å². The van der Waals surface area contributed by atoms with Crippen molar-refractivity contribution in [3.8, 4) is 0 Å². The Morgan fingerprint density at radius 3 is 2.60 bits per heavy atom. The molecule has 35 heavy (non-hydrogen) atoms. The number of hydrogen-bond donors (Lipinski definition) is 0. The lowest BCUT2D eigenvalue weighted by Gasteiger charge is -2.29. The largest absolute Gasteiger partial charge is 0.379 e. The van der Waals surface area contributed by atoms with Gasteiger partial charge in [-0.15, -0.1) is 12.4 Å². The summed E-state index contributed by atoms with van der Waals surface area (Å²) in [7, 11) is -3.39. The number of nitrogens with zero attached hydrogens (tertiary/aromatic N) is 4. The lowest BCUT2D eigenvalue weighted by atomic mass is 10.1. The molecule has 1 aliphatic heterocycles. The highest BCUT2D eigenvalue weighted by atomic mass is 35.5. The molecule has 0 N–H and O–H groups in total. The number of amides is 1. The number of benzene rings is 2. The van der Waals surface area contributed by atoms with E-state index >= 15 is 0 Å². The van der Waals surface area contributed by atoms with Gasteiger partial charge >= 0.3 is 0 Å². The molecule has 0 atom stereocenters. The molecule has 1 amide bonds. The molecule has 1 saturated heterocycles. The van der Waals surface area contributed by atoms with Gasteiger partial charge in [-0.1, -0.05) is 17.4 Å². The smallest absolute Gasteiger partial charge is 0.273 e. The zero-order valence-electron chi connectivity index (χ0n) is 19.2. The maximum Gasteiger partial charge on any atom is 0.273 e. The van der Waals surface area contributed by atoms with E-state index < -0.39 is 20.7 Å². The van der Waals surface area contributed by atoms with Gasteiger partial charge in [-0.05, 0) is 31.2 Å². The highest BCUT2D eigenvalue weighted by Gasteiger charge is 2.25. The topological polar surface area (TPSA) is 123 Å². The molecule has 1 fully saturated rings. The fourth-order valence-corrected chi connectivity index (χ4v) is 5.44. The van der Waals surface area contributed by atoms with Crippen LogP contribution in [0.1, 0.15) is 15.9 Å². The summed E-state index contributed by atoms with van der Waals surface area (Å²) in [5.74, 6) is -0.404. The van der Waals surface area contributed by atoms with Gasteiger partial charge in [0.25, 0.3) is 11.6 Å². The molecule has 0 unspecified atom stereocenters. The first-order valence-electron chi connectivity index (χ1n) is 10.6. The molecule has 3 aromatic rings. The standard InChI is InChI=1S/C22H24N4O6S2.ClH/c1-15-3-4-16(13-19(15)26(28)29)21(27)25(8-7-24-9-11-32-12-10-24)22-23-18-6-5-17(34(2,30)31)14-20(18)33-22;/h3-6,13-14H,7-12H2,1-2H3;1H. The minimum absolute atomic E-state index is 0. The van der Waals surface area contributed by atoms with Crippen LogP contribution in [0.2, 0.25) is 0 Å². The van der Waals surface area contributed by atoms with Gasteiger partial charge in [-0.2, -0.15) is 0 Å². The van der Waals surface area contributed by atoms with E-state index in [0.717, 1.165) is 19.3 Å². The van der Waals surface area contributed by atoms with Crippen LogP contribution in [-0.2, 0) is 14.6 Å². The molecule has 0 spiro atoms. The van der Waals surface area contributed by atoms with Crippen molar-refractivity contribution < 1.29 is 22.9 Å². The minimum atomic E-state index is -3.39. The van der Waals surface area contributed by atoms with Gasteiger partial charge in [0, 0.05) is 49.6 Å². The molecule has 0 bridgehead atoms. The number of thiazole rings is 1. The Morgan fingerprint density at radius 2 is 1.94 bits per heavy atom. The molecule has 0 radical (unpaired) electrons. The first-order chi connectivity index (χ1) is 16.1. The maximum absolute atomic E-state index is 13.5. The summed E-state index contributed by atoms with van der Waals surface area (Å²) in [6.07, 6.45) is 1.14. The quantitative estimate of drug-likeness (QED) is 0.330. The molecule has 1 aliphatic rings. The number of rotatable bonds is 7. The van der Waals surface area contributed by atoms with Crippen molar-refractivity contribution in [2.24, 2.45) is 0 Å². The number of morpholine rings is 1. The summed E-state index contributed by atoms with van der Waals surface area (Å²) in [4.78, 5) is 32.9. The highest BCUT2D eigenvalue weighted by molar-refractivity contribution is 7.90. The number of hydrogen-bond acceptors (Lipinski definition) is 9. The van der Waals surface area contributed by atoms with Crippen molar-refractivity contribution >= 4 is 60.5 Å². The van der Waals surface area contributed by atoms with Crippen LogP contribution in [0.4, 0.5) is 10.8 Å². The number of aromatic nitrogens is 1. The van der Waals surface area contributed by atoms with Crippen molar-refractivity contribution in [1.82, 2.24) is 9.88 Å². The fraction of sp³-hybridized carbons (Fsp3) is 0.364. The third kappa shape index (κ3) is 6.14. The molecule has 4 rings (SSSR count). The van der Waals surface area contributed by atoms with E-state index in [1.54, 1.807) is 31.2 Å². The number of carbonyl (C=O) groups is 1. The summed E-state index contributed by atoms with van der Waals surface area (Å²) in [6, 6.07) is 9.07. The van der Waals surface area contributed by atoms with Gasteiger partial charge < -0.3 is 4.74 Å². The van der Waals surface area contributed by atoms with Crippen molar-refractivity contribution in [3.05, 3.63) is 57.6 Å². The van der Waals surface area contributed by atoms with E-state index in [1.165, 1.54) is 28.4 Å². The van der Waals surface area contributed by atoms with Crippen LogP contribution in [0.25, 0.3) is 10.2 Å². The molecule has 188 valence electrons. The van der Waals surface area contributed by atoms with Gasteiger partial charge in [0.2, 0.25) is 0 Å². The van der Waals surface area contributed by atoms with Crippen molar-refractivity contribution in [3.63, 3.8) is 0 Å². The van der Waals surface area contributed by atoms with Crippen LogP contribution in [0.15, 0.2) is 41.3 Å². The lowest BCUT2D eigenvalue weighted by Crippen LogP contribution is -2.43. The van der Waals surface area contributed by atoms with E-state index in [9.17, 15) is 23.3 Å². The number of halogens is 1. The van der Waals surface area contributed by atoms with Crippen molar-refractivity contribution in [2.45, 2.75) is 11.8 Å². The average Bonchev–Trinajstić information content (AvgIpc) is 3.22. The number of carbonyl (C=O) groups excluding carboxylic acids is 1. The van der Waals surface area contributed by atoms with Gasteiger partial charge in [0.15, 0.2) is 15.0 Å². The number of sulfone groups is 1. The molecular weight excluding hydrogens is 516 g/mol. The van der Waals surface area contributed by atoms with E-state index in [4.69, 9.17) is 4.74 Å². The Morgan fingerprint density at radius 1 is 1.23 bits per heavy atom. The van der Waals surface area contributed by atoms with E-state index in [0.29, 0.717) is 47.2 Å². The molecular formula is C22H25ClN4O6S2. The second kappa shape index (κ2) is 11.0. The number of nitro benzene ring substituents is 1. The zero-order valence-corrected chi connectivity index (χ0v) is 21.6. The zero-order chi connectivity index (χ0) is 24.5. The molecule has 2 aromatic carbocycles. The van der Waals surface area contributed by atoms with Crippen LogP contribution in [0.3, 0.4) is 0 Å². The van der Waals surface area contributed by atoms with Crippen molar-refractivity contribution in [1.29, 1.82) is 0 Å². The Balaban J connectivity index is 0.00000342. The van der Waals surface area contributed by atoms with Gasteiger partial charge in [-0.3, -0.25) is 24.7 Å². The van der Waals surface area contributed by atoms with Gasteiger partial charge in [0.1, 0.15) is 0 Å². The van der Waals surface area contributed by atoms with Crippen LogP contribution in [0.5, 0.6) is 0 Å². The summed E-state index contributed by atoms with van der Waals surface area (Å²) < 4.78 is 29.9. The summed E-state index contributed by atoms with van der Waals surface area (Å²) in [5.41, 5.74) is 1.11. The van der Waals surface area contributed by atoms with Gasteiger partial charge in [-0.25, -0.2) is 13.4 Å². The summed E-state index contributed by atoms with van der Waals surface area (Å²) in [5, 5.41) is 11.8. The molecule has 1 aromatic heterocycles. The second-order valence-electron chi connectivity index (χ2n) is 8.07. The predicted molar refractivity (Wildman–Crippen MR) is 137 cm³/mol. The van der Waals surface area contributed by atoms with E-state index in [2.05, 4.69) is 9.88 Å². The van der Waals surface area contributed by atoms with Gasteiger partial charge in [0.05, 0.1) is 33.2 Å². The first-order valence-corrected chi connectivity index (χ1v) is 13.3. The Bertz CT molecular complexity index is 1360. The van der Waals surface area contributed by atoms with Crippen LogP contribution in [0, 0.1) is 17.0 Å². The number of nitro groups is 1. The molecule has 2 heterocycles.